The molecule has 2 aromatic rings. The fourth-order valence-electron chi connectivity index (χ4n) is 2.43. The SMILES string of the molecule is CC(=O)c1cc2c(n1S(=O)(=O)c1ccccc1)C(=O)C=CC2=O. The highest BCUT2D eigenvalue weighted by Gasteiger charge is 2.33. The zero-order chi connectivity index (χ0) is 16.8. The number of carbonyl (C=O) groups excluding carboxylic acids is 3. The van der Waals surface area contributed by atoms with E-state index in [1.54, 1.807) is 6.07 Å². The topological polar surface area (TPSA) is 90.3 Å². The van der Waals surface area contributed by atoms with Crippen molar-refractivity contribution in [2.45, 2.75) is 11.8 Å². The van der Waals surface area contributed by atoms with Crippen LogP contribution in [-0.4, -0.2) is 29.7 Å². The van der Waals surface area contributed by atoms with Crippen LogP contribution in [0.5, 0.6) is 0 Å². The molecule has 0 saturated heterocycles. The molecule has 1 heterocycles. The fraction of sp³-hybridized carbons (Fsp3) is 0.0625. The molecule has 0 N–H and O–H groups in total. The second kappa shape index (κ2) is 5.13. The van der Waals surface area contributed by atoms with Crippen LogP contribution in [0.15, 0.2) is 53.4 Å². The summed E-state index contributed by atoms with van der Waals surface area (Å²) in [7, 11) is -4.18. The maximum absolute atomic E-state index is 12.9. The first-order valence-electron chi connectivity index (χ1n) is 6.68. The summed E-state index contributed by atoms with van der Waals surface area (Å²) in [4.78, 5) is 35.8. The van der Waals surface area contributed by atoms with Gasteiger partial charge in [0.2, 0.25) is 5.78 Å². The van der Waals surface area contributed by atoms with E-state index in [-0.39, 0.29) is 21.8 Å². The van der Waals surface area contributed by atoms with Crippen LogP contribution < -0.4 is 0 Å². The lowest BCUT2D eigenvalue weighted by Gasteiger charge is -2.13. The molecular formula is C16H11NO5S. The third kappa shape index (κ3) is 2.25. The van der Waals surface area contributed by atoms with Crippen molar-refractivity contribution in [1.82, 2.24) is 3.97 Å². The second-order valence-corrected chi connectivity index (χ2v) is 6.78. The summed E-state index contributed by atoms with van der Waals surface area (Å²) in [6, 6.07) is 8.58. The molecule has 23 heavy (non-hydrogen) atoms. The molecule has 3 rings (SSSR count). The Kier molecular flexibility index (Phi) is 3.37. The van der Waals surface area contributed by atoms with Crippen molar-refractivity contribution in [1.29, 1.82) is 0 Å². The van der Waals surface area contributed by atoms with Gasteiger partial charge in [-0.25, -0.2) is 12.4 Å². The largest absolute Gasteiger partial charge is 0.293 e. The van der Waals surface area contributed by atoms with Crippen molar-refractivity contribution in [3.8, 4) is 0 Å². The Morgan fingerprint density at radius 1 is 1.00 bits per heavy atom. The average molecular weight is 329 g/mol. The monoisotopic (exact) mass is 329 g/mol. The minimum Gasteiger partial charge on any atom is -0.293 e. The highest BCUT2D eigenvalue weighted by atomic mass is 32.2. The smallest absolute Gasteiger partial charge is 0.268 e. The van der Waals surface area contributed by atoms with Crippen LogP contribution in [0.3, 0.4) is 0 Å². The quantitative estimate of drug-likeness (QED) is 0.802. The number of rotatable bonds is 3. The molecule has 7 heteroatoms. The van der Waals surface area contributed by atoms with Crippen LogP contribution in [0, 0.1) is 0 Å². The predicted octanol–water partition coefficient (Wildman–Crippen LogP) is 1.86. The number of fused-ring (bicyclic) bond motifs is 1. The lowest BCUT2D eigenvalue weighted by molar-refractivity contribution is 0.0990. The minimum atomic E-state index is -4.18. The van der Waals surface area contributed by atoms with E-state index in [1.807, 2.05) is 0 Å². The molecule has 0 aliphatic heterocycles. The van der Waals surface area contributed by atoms with E-state index in [1.165, 1.54) is 31.2 Å². The van der Waals surface area contributed by atoms with Gasteiger partial charge in [-0.1, -0.05) is 18.2 Å². The first-order chi connectivity index (χ1) is 10.8. The van der Waals surface area contributed by atoms with Gasteiger partial charge in [-0.05, 0) is 30.4 Å². The molecule has 0 saturated carbocycles. The number of hydrogen-bond donors (Lipinski definition) is 0. The molecule has 1 aromatic carbocycles. The average Bonchev–Trinajstić information content (AvgIpc) is 2.95. The lowest BCUT2D eigenvalue weighted by Crippen LogP contribution is -2.23. The number of benzene rings is 1. The molecule has 0 fully saturated rings. The van der Waals surface area contributed by atoms with Crippen molar-refractivity contribution in [3.05, 3.63) is 65.5 Å². The first kappa shape index (κ1) is 15.1. The van der Waals surface area contributed by atoms with Crippen LogP contribution >= 0.6 is 0 Å². The molecule has 0 amide bonds. The van der Waals surface area contributed by atoms with E-state index >= 15 is 0 Å². The molecule has 116 valence electrons. The molecule has 0 radical (unpaired) electrons. The van der Waals surface area contributed by atoms with E-state index in [0.717, 1.165) is 18.2 Å². The van der Waals surface area contributed by atoms with E-state index in [2.05, 4.69) is 0 Å². The summed E-state index contributed by atoms with van der Waals surface area (Å²) in [6.07, 6.45) is 2.07. The summed E-state index contributed by atoms with van der Waals surface area (Å²) in [6.45, 7) is 1.18. The Morgan fingerprint density at radius 2 is 1.61 bits per heavy atom. The number of ketones is 3. The summed E-state index contributed by atoms with van der Waals surface area (Å²) in [5.41, 5.74) is -0.599. The van der Waals surface area contributed by atoms with E-state index in [0.29, 0.717) is 3.97 Å². The standard InChI is InChI=1S/C16H11NO5S/c1-10(18)13-9-12-14(19)7-8-15(20)16(12)17(13)23(21,22)11-5-3-2-4-6-11/h2-9H,1H3. The van der Waals surface area contributed by atoms with Crippen molar-refractivity contribution < 1.29 is 22.8 Å². The highest BCUT2D eigenvalue weighted by molar-refractivity contribution is 7.90. The van der Waals surface area contributed by atoms with Crippen molar-refractivity contribution in [3.63, 3.8) is 0 Å². The van der Waals surface area contributed by atoms with Gasteiger partial charge < -0.3 is 0 Å². The molecule has 0 bridgehead atoms. The highest BCUT2D eigenvalue weighted by Crippen LogP contribution is 2.27. The summed E-state index contributed by atoms with van der Waals surface area (Å²) in [5, 5.41) is 0. The Labute approximate surface area is 132 Å². The Morgan fingerprint density at radius 3 is 2.22 bits per heavy atom. The lowest BCUT2D eigenvalue weighted by atomic mass is 10.0. The van der Waals surface area contributed by atoms with Crippen LogP contribution in [0.25, 0.3) is 0 Å². The van der Waals surface area contributed by atoms with Crippen molar-refractivity contribution in [2.75, 3.05) is 0 Å². The molecule has 0 unspecified atom stereocenters. The number of allylic oxidation sites excluding steroid dienone is 2. The zero-order valence-corrected chi connectivity index (χ0v) is 12.8. The molecule has 1 aliphatic carbocycles. The van der Waals surface area contributed by atoms with Crippen LogP contribution in [-0.2, 0) is 10.0 Å². The van der Waals surface area contributed by atoms with Crippen molar-refractivity contribution in [2.24, 2.45) is 0 Å². The van der Waals surface area contributed by atoms with E-state index < -0.39 is 27.4 Å². The van der Waals surface area contributed by atoms with Gasteiger partial charge in [-0.2, -0.15) is 0 Å². The van der Waals surface area contributed by atoms with Crippen LogP contribution in [0.4, 0.5) is 0 Å². The molecule has 1 aromatic heterocycles. The van der Waals surface area contributed by atoms with Crippen LogP contribution in [0.2, 0.25) is 0 Å². The molecule has 1 aliphatic rings. The maximum atomic E-state index is 12.9. The number of aromatic nitrogens is 1. The van der Waals surface area contributed by atoms with Gasteiger partial charge in [-0.3, -0.25) is 14.4 Å². The maximum Gasteiger partial charge on any atom is 0.268 e. The molecule has 6 nitrogen and oxygen atoms in total. The van der Waals surface area contributed by atoms with Gasteiger partial charge in [0.25, 0.3) is 10.0 Å². The zero-order valence-electron chi connectivity index (χ0n) is 12.0. The summed E-state index contributed by atoms with van der Waals surface area (Å²) >= 11 is 0. The molecule has 0 atom stereocenters. The van der Waals surface area contributed by atoms with Gasteiger partial charge in [-0.15, -0.1) is 0 Å². The van der Waals surface area contributed by atoms with Gasteiger partial charge in [0.1, 0.15) is 11.4 Å². The van der Waals surface area contributed by atoms with Gasteiger partial charge >= 0.3 is 0 Å². The number of hydrogen-bond acceptors (Lipinski definition) is 5. The fourth-order valence-corrected chi connectivity index (χ4v) is 4.01. The number of nitrogens with zero attached hydrogens (tertiary/aromatic N) is 1. The van der Waals surface area contributed by atoms with Gasteiger partial charge in [0, 0.05) is 6.92 Å². The molecule has 0 spiro atoms. The van der Waals surface area contributed by atoms with Gasteiger partial charge in [0.05, 0.1) is 10.5 Å². The Balaban J connectivity index is 2.39. The van der Waals surface area contributed by atoms with Gasteiger partial charge in [0.15, 0.2) is 11.6 Å². The minimum absolute atomic E-state index is 0.0734. The third-order valence-corrected chi connectivity index (χ3v) is 5.21. The summed E-state index contributed by atoms with van der Waals surface area (Å²) in [5.74, 6) is -1.70. The second-order valence-electron chi connectivity index (χ2n) is 4.99. The van der Waals surface area contributed by atoms with Crippen LogP contribution in [0.1, 0.15) is 38.3 Å². The number of carbonyl (C=O) groups is 3. The third-order valence-electron chi connectivity index (χ3n) is 3.49. The molecular weight excluding hydrogens is 318 g/mol. The van der Waals surface area contributed by atoms with Crippen molar-refractivity contribution >= 4 is 27.4 Å². The predicted molar refractivity (Wildman–Crippen MR) is 81.3 cm³/mol. The van der Waals surface area contributed by atoms with E-state index in [4.69, 9.17) is 0 Å². The Hall–Kier alpha value is -2.80. The Bertz CT molecular complexity index is 981. The van der Waals surface area contributed by atoms with E-state index in [9.17, 15) is 22.8 Å². The normalized spacial score (nSPS) is 14.0. The first-order valence-corrected chi connectivity index (χ1v) is 8.12. The number of Topliss-reactive ketones (excluding diaryl/α,β-unsaturated/α-hetero) is 1. The summed E-state index contributed by atoms with van der Waals surface area (Å²) < 4.78 is 26.4.